The van der Waals surface area contributed by atoms with Crippen molar-refractivity contribution in [1.82, 2.24) is 4.48 Å². The first-order valence-corrected chi connectivity index (χ1v) is 17.0. The number of aliphatic hydroxyl groups is 1. The Morgan fingerprint density at radius 3 is 2.54 bits per heavy atom. The predicted octanol–water partition coefficient (Wildman–Crippen LogP) is 4.14. The summed E-state index contributed by atoms with van der Waals surface area (Å²) < 4.78 is 70.5. The molecule has 2 aliphatic rings. The van der Waals surface area contributed by atoms with Crippen LogP contribution in [0.3, 0.4) is 0 Å². The van der Waals surface area contributed by atoms with Crippen LogP contribution in [-0.2, 0) is 33.4 Å². The van der Waals surface area contributed by atoms with E-state index in [0.29, 0.717) is 18.5 Å². The average molecular weight is 607 g/mol. The van der Waals surface area contributed by atoms with Crippen molar-refractivity contribution in [1.29, 1.82) is 0 Å². The number of thiazole rings is 1. The van der Waals surface area contributed by atoms with Gasteiger partial charge in [0.1, 0.15) is 4.70 Å². The molecule has 39 heavy (non-hydrogen) atoms. The summed E-state index contributed by atoms with van der Waals surface area (Å²) in [6, 6.07) is 17.4. The van der Waals surface area contributed by atoms with E-state index < -0.39 is 31.4 Å². The number of thioether (sulfide) groups is 1. The van der Waals surface area contributed by atoms with Crippen LogP contribution < -0.4 is 9.05 Å². The van der Waals surface area contributed by atoms with Gasteiger partial charge in [0.25, 0.3) is 15.1 Å². The van der Waals surface area contributed by atoms with Gasteiger partial charge in [0.05, 0.1) is 36.3 Å². The molecule has 0 bridgehead atoms. The maximum atomic E-state index is 12.6. The zero-order valence-corrected chi connectivity index (χ0v) is 23.9. The third kappa shape index (κ3) is 4.60. The number of hydrogen-bond acceptors (Lipinski definition) is 7. The van der Waals surface area contributed by atoms with Crippen LogP contribution in [0.4, 0.5) is 5.69 Å². The SMILES string of the molecule is O=S(=O)(O)CCC[n+]1c(C=C2Sc3ccc4ccccc4c3[N+]23CCC3S(=O)(=O)O)sc2ccc(CO)cc21. The second kappa shape index (κ2) is 9.63. The number of aryl methyl sites for hydroxylation is 1. The maximum absolute atomic E-state index is 12.6. The van der Waals surface area contributed by atoms with E-state index in [9.17, 15) is 31.0 Å². The number of hydrogen-bond donors (Lipinski definition) is 3. The van der Waals surface area contributed by atoms with Crippen LogP contribution >= 0.6 is 23.1 Å². The molecule has 204 valence electrons. The van der Waals surface area contributed by atoms with Crippen molar-refractivity contribution in [3.63, 3.8) is 0 Å². The number of aromatic nitrogens is 1. The van der Waals surface area contributed by atoms with E-state index >= 15 is 0 Å². The molecule has 1 saturated heterocycles. The minimum atomic E-state index is -4.38. The quantitative estimate of drug-likeness (QED) is 0.162. The lowest BCUT2D eigenvalue weighted by atomic mass is 10.0. The van der Waals surface area contributed by atoms with Gasteiger partial charge in [-0.25, -0.2) is 4.48 Å². The third-order valence-electron chi connectivity index (χ3n) is 7.44. The number of fused-ring (bicyclic) bond motifs is 5. The molecular weight excluding hydrogens is 581 g/mol. The Morgan fingerprint density at radius 2 is 1.85 bits per heavy atom. The monoisotopic (exact) mass is 606 g/mol. The standard InChI is InChI=1S/C26H24N2O7S4/c29-16-17-6-8-21-20(14-17)27(11-3-13-38(30,31)32)23(36-21)15-24-28(12-10-25(28)39(33,34)35)26-19-5-2-1-4-18(19)7-9-22(26)37-24/h1-2,4-9,14-15,25,29H,3,10-13,16H2/p+2. The van der Waals surface area contributed by atoms with Gasteiger partial charge >= 0.3 is 10.1 Å². The van der Waals surface area contributed by atoms with Crippen molar-refractivity contribution in [3.05, 3.63) is 70.2 Å². The summed E-state index contributed by atoms with van der Waals surface area (Å²) in [6.07, 6.45) is 2.42. The molecule has 3 aromatic carbocycles. The Kier molecular flexibility index (Phi) is 6.63. The number of nitrogens with zero attached hydrogens (tertiary/aromatic N) is 2. The fraction of sp³-hybridized carbons (Fsp3) is 0.269. The Hall–Kier alpha value is -2.36. The van der Waals surface area contributed by atoms with Gasteiger partial charge < -0.3 is 5.11 Å². The topological polar surface area (TPSA) is 133 Å². The Morgan fingerprint density at radius 1 is 1.05 bits per heavy atom. The Balaban J connectivity index is 1.55. The van der Waals surface area contributed by atoms with Gasteiger partial charge in [0.15, 0.2) is 17.3 Å². The molecule has 0 saturated carbocycles. The zero-order chi connectivity index (χ0) is 27.6. The first-order chi connectivity index (χ1) is 18.5. The number of aliphatic hydroxyl groups excluding tert-OH is 1. The summed E-state index contributed by atoms with van der Waals surface area (Å²) in [5.74, 6) is -0.399. The van der Waals surface area contributed by atoms with Gasteiger partial charge in [-0.1, -0.05) is 41.7 Å². The fourth-order valence-corrected chi connectivity index (χ4v) is 9.95. The van der Waals surface area contributed by atoms with Crippen molar-refractivity contribution in [2.45, 2.75) is 36.3 Å². The number of benzene rings is 3. The summed E-state index contributed by atoms with van der Waals surface area (Å²) in [5, 5.41) is 12.1. The molecule has 4 aromatic rings. The normalized spacial score (nSPS) is 22.1. The molecular formula is C26H26N2O7S4+2. The average Bonchev–Trinajstić information content (AvgIpc) is 3.37. The number of rotatable bonds is 7. The summed E-state index contributed by atoms with van der Waals surface area (Å²) in [6.45, 7) is 0.643. The van der Waals surface area contributed by atoms with Gasteiger partial charge in [0.2, 0.25) is 10.9 Å². The lowest BCUT2D eigenvalue weighted by Crippen LogP contribution is -2.66. The molecule has 1 spiro atoms. The van der Waals surface area contributed by atoms with Crippen LogP contribution in [0, 0.1) is 0 Å². The molecule has 0 radical (unpaired) electrons. The van der Waals surface area contributed by atoms with Gasteiger partial charge in [-0.2, -0.15) is 21.4 Å². The highest BCUT2D eigenvalue weighted by molar-refractivity contribution is 8.03. The van der Waals surface area contributed by atoms with E-state index in [4.69, 9.17) is 0 Å². The molecule has 2 unspecified atom stereocenters. The number of quaternary nitrogens is 1. The van der Waals surface area contributed by atoms with E-state index in [0.717, 1.165) is 41.6 Å². The highest BCUT2D eigenvalue weighted by atomic mass is 32.2. The first-order valence-electron chi connectivity index (χ1n) is 12.3. The van der Waals surface area contributed by atoms with E-state index in [1.807, 2.05) is 65.2 Å². The Labute approximate surface area is 234 Å². The second-order valence-corrected chi connectivity index (χ2v) is 15.0. The molecule has 13 heteroatoms. The molecule has 1 fully saturated rings. The molecule has 2 aliphatic heterocycles. The van der Waals surface area contributed by atoms with E-state index in [-0.39, 0.29) is 24.1 Å². The summed E-state index contributed by atoms with van der Waals surface area (Å²) in [5.41, 5.74) is 2.37. The maximum Gasteiger partial charge on any atom is 0.320 e. The molecule has 0 aliphatic carbocycles. The molecule has 3 heterocycles. The van der Waals surface area contributed by atoms with Crippen LogP contribution in [0.5, 0.6) is 0 Å². The van der Waals surface area contributed by atoms with Crippen LogP contribution in [0.1, 0.15) is 23.4 Å². The molecule has 6 rings (SSSR count). The van der Waals surface area contributed by atoms with Gasteiger partial charge in [-0.05, 0) is 40.9 Å². The summed E-state index contributed by atoms with van der Waals surface area (Å²) >= 11 is 2.95. The Bertz CT molecular complexity index is 1880. The molecule has 1 aromatic heterocycles. The first kappa shape index (κ1) is 26.8. The third-order valence-corrected chi connectivity index (χ3v) is 11.8. The summed E-state index contributed by atoms with van der Waals surface area (Å²) in [7, 11) is -8.52. The minimum absolute atomic E-state index is 0.00133. The van der Waals surface area contributed by atoms with Crippen molar-refractivity contribution in [2.24, 2.45) is 0 Å². The van der Waals surface area contributed by atoms with Gasteiger partial charge in [-0.3, -0.25) is 9.11 Å². The van der Waals surface area contributed by atoms with E-state index in [2.05, 4.69) is 0 Å². The van der Waals surface area contributed by atoms with E-state index in [1.54, 1.807) is 0 Å². The van der Waals surface area contributed by atoms with Gasteiger partial charge in [0, 0.05) is 17.9 Å². The van der Waals surface area contributed by atoms with Crippen molar-refractivity contribution >= 4 is 76.1 Å². The highest BCUT2D eigenvalue weighted by Crippen LogP contribution is 2.60. The predicted molar refractivity (Wildman–Crippen MR) is 153 cm³/mol. The van der Waals surface area contributed by atoms with Crippen molar-refractivity contribution in [3.8, 4) is 0 Å². The van der Waals surface area contributed by atoms with Crippen molar-refractivity contribution in [2.75, 3.05) is 12.3 Å². The molecule has 0 amide bonds. The van der Waals surface area contributed by atoms with Crippen LogP contribution in [0.15, 0.2) is 64.5 Å². The van der Waals surface area contributed by atoms with E-state index in [1.165, 1.54) is 23.1 Å². The fourth-order valence-electron chi connectivity index (χ4n) is 5.65. The van der Waals surface area contributed by atoms with Gasteiger partial charge in [-0.15, -0.1) is 0 Å². The van der Waals surface area contributed by atoms with Crippen LogP contribution in [0.2, 0.25) is 0 Å². The molecule has 3 N–H and O–H groups in total. The van der Waals surface area contributed by atoms with Crippen LogP contribution in [-0.4, -0.2) is 48.7 Å². The zero-order valence-electron chi connectivity index (χ0n) is 20.6. The minimum Gasteiger partial charge on any atom is -0.392 e. The van der Waals surface area contributed by atoms with Crippen molar-refractivity contribution < 1.29 is 35.6 Å². The smallest absolute Gasteiger partial charge is 0.320 e. The second-order valence-electron chi connectivity index (χ2n) is 9.76. The lowest BCUT2D eigenvalue weighted by Gasteiger charge is -2.47. The largest absolute Gasteiger partial charge is 0.392 e. The summed E-state index contributed by atoms with van der Waals surface area (Å²) in [4.78, 5) is 0.926. The molecule has 2 atom stereocenters. The van der Waals surface area contributed by atoms with Crippen LogP contribution in [0.25, 0.3) is 27.1 Å². The lowest BCUT2D eigenvalue weighted by molar-refractivity contribution is -0.668. The highest BCUT2D eigenvalue weighted by Gasteiger charge is 2.62. The molecule has 9 nitrogen and oxygen atoms in total.